The maximum atomic E-state index is 12.3. The van der Waals surface area contributed by atoms with Gasteiger partial charge in [-0.1, -0.05) is 23.5 Å². The van der Waals surface area contributed by atoms with Crippen molar-refractivity contribution in [1.29, 1.82) is 0 Å². The molecule has 0 saturated carbocycles. The van der Waals surface area contributed by atoms with E-state index in [2.05, 4.69) is 10.3 Å². The number of aromatic nitrogens is 1. The zero-order chi connectivity index (χ0) is 19.7. The first-order valence-electron chi connectivity index (χ1n) is 9.20. The highest BCUT2D eigenvalue weighted by molar-refractivity contribution is 7.22. The second-order valence-electron chi connectivity index (χ2n) is 7.20. The molecule has 0 atom stereocenters. The summed E-state index contributed by atoms with van der Waals surface area (Å²) in [7, 11) is 0. The lowest BCUT2D eigenvalue weighted by molar-refractivity contribution is -0.118. The van der Waals surface area contributed by atoms with Gasteiger partial charge in [0.15, 0.2) is 23.2 Å². The molecule has 1 amide bonds. The number of nitrogens with zero attached hydrogens (tertiary/aromatic N) is 1. The molecule has 2 heterocycles. The number of carbonyl (C=O) groups excluding carboxylic acids is 1. The van der Waals surface area contributed by atoms with Gasteiger partial charge in [-0.2, -0.15) is 0 Å². The summed E-state index contributed by atoms with van der Waals surface area (Å²) in [6.07, 6.45) is 0.821. The van der Waals surface area contributed by atoms with Gasteiger partial charge in [-0.3, -0.25) is 10.1 Å². The second kappa shape index (κ2) is 7.31. The van der Waals surface area contributed by atoms with Gasteiger partial charge in [-0.25, -0.2) is 4.98 Å². The van der Waals surface area contributed by atoms with E-state index in [9.17, 15) is 4.79 Å². The summed E-state index contributed by atoms with van der Waals surface area (Å²) in [6, 6.07) is 11.4. The number of nitrogens with one attached hydrogen (secondary N) is 1. The molecule has 1 aromatic heterocycles. The van der Waals surface area contributed by atoms with Crippen LogP contribution in [0.15, 0.2) is 36.4 Å². The lowest BCUT2D eigenvalue weighted by Crippen LogP contribution is -2.25. The summed E-state index contributed by atoms with van der Waals surface area (Å²) < 4.78 is 18.1. The van der Waals surface area contributed by atoms with Crippen LogP contribution in [-0.4, -0.2) is 29.7 Å². The third kappa shape index (κ3) is 3.89. The Hall–Kier alpha value is -2.80. The van der Waals surface area contributed by atoms with Crippen molar-refractivity contribution in [3.05, 3.63) is 42.0 Å². The van der Waals surface area contributed by atoms with Gasteiger partial charge >= 0.3 is 0 Å². The summed E-state index contributed by atoms with van der Waals surface area (Å²) in [5.74, 6) is 1.84. The molecule has 146 valence electrons. The second-order valence-corrected chi connectivity index (χ2v) is 8.23. The Morgan fingerprint density at radius 2 is 2.14 bits per heavy atom. The van der Waals surface area contributed by atoms with Gasteiger partial charge in [0.1, 0.15) is 11.4 Å². The molecular formula is C21H22N2O4S. The van der Waals surface area contributed by atoms with Crippen LogP contribution in [0.1, 0.15) is 26.3 Å². The number of hydrogen-bond donors (Lipinski definition) is 1. The Morgan fingerprint density at radius 3 is 2.96 bits per heavy atom. The number of rotatable bonds is 6. The third-order valence-corrected chi connectivity index (χ3v) is 5.26. The first-order valence-corrected chi connectivity index (χ1v) is 10.0. The van der Waals surface area contributed by atoms with E-state index in [1.807, 2.05) is 57.2 Å². The number of benzene rings is 2. The summed E-state index contributed by atoms with van der Waals surface area (Å²) >= 11 is 1.40. The van der Waals surface area contributed by atoms with Crippen molar-refractivity contribution >= 4 is 32.6 Å². The van der Waals surface area contributed by atoms with Crippen molar-refractivity contribution in [2.75, 3.05) is 18.5 Å². The number of anilines is 1. The summed E-state index contributed by atoms with van der Waals surface area (Å²) in [6.45, 7) is 6.51. The van der Waals surface area contributed by atoms with Gasteiger partial charge in [-0.05, 0) is 45.0 Å². The van der Waals surface area contributed by atoms with Crippen LogP contribution in [0.2, 0.25) is 0 Å². The predicted octanol–water partition coefficient (Wildman–Crippen LogP) is 4.43. The Labute approximate surface area is 167 Å². The molecule has 0 spiro atoms. The molecule has 1 aliphatic heterocycles. The molecule has 4 rings (SSSR count). The molecule has 0 unspecified atom stereocenters. The highest BCUT2D eigenvalue weighted by atomic mass is 32.1. The maximum Gasteiger partial charge on any atom is 0.264 e. The van der Waals surface area contributed by atoms with Crippen molar-refractivity contribution < 1.29 is 19.0 Å². The Kier molecular flexibility index (Phi) is 4.85. The number of fused-ring (bicyclic) bond motifs is 2. The third-order valence-electron chi connectivity index (χ3n) is 4.33. The van der Waals surface area contributed by atoms with Crippen molar-refractivity contribution in [2.24, 2.45) is 0 Å². The van der Waals surface area contributed by atoms with E-state index in [1.54, 1.807) is 0 Å². The SMILES string of the molecule is CCOc1ccc2nc(NC(=O)COc3cccc4c3OC(C)(C)C4)sc2c1. The summed E-state index contributed by atoms with van der Waals surface area (Å²) in [5.41, 5.74) is 1.66. The van der Waals surface area contributed by atoms with Crippen LogP contribution in [-0.2, 0) is 11.2 Å². The molecule has 28 heavy (non-hydrogen) atoms. The van der Waals surface area contributed by atoms with Gasteiger partial charge in [0.2, 0.25) is 0 Å². The first kappa shape index (κ1) is 18.6. The van der Waals surface area contributed by atoms with Gasteiger partial charge in [0, 0.05) is 12.0 Å². The molecule has 0 aliphatic carbocycles. The molecule has 6 nitrogen and oxygen atoms in total. The smallest absolute Gasteiger partial charge is 0.264 e. The molecule has 0 fully saturated rings. The fourth-order valence-corrected chi connectivity index (χ4v) is 4.13. The van der Waals surface area contributed by atoms with Crippen LogP contribution in [0.4, 0.5) is 5.13 Å². The quantitative estimate of drug-likeness (QED) is 0.665. The van der Waals surface area contributed by atoms with Crippen molar-refractivity contribution in [1.82, 2.24) is 4.98 Å². The first-order chi connectivity index (χ1) is 13.4. The van der Waals surface area contributed by atoms with Crippen LogP contribution in [0, 0.1) is 0 Å². The number of ether oxygens (including phenoxy) is 3. The van der Waals surface area contributed by atoms with Gasteiger partial charge < -0.3 is 14.2 Å². The van der Waals surface area contributed by atoms with E-state index in [1.165, 1.54) is 11.3 Å². The lowest BCUT2D eigenvalue weighted by Gasteiger charge is -2.18. The van der Waals surface area contributed by atoms with Crippen molar-refractivity contribution in [3.8, 4) is 17.2 Å². The van der Waals surface area contributed by atoms with Gasteiger partial charge in [0.05, 0.1) is 16.8 Å². The largest absolute Gasteiger partial charge is 0.494 e. The topological polar surface area (TPSA) is 69.7 Å². The number of para-hydroxylation sites is 1. The average Bonchev–Trinajstić information content (AvgIpc) is 3.18. The molecule has 1 N–H and O–H groups in total. The normalized spacial score (nSPS) is 14.4. The van der Waals surface area contributed by atoms with E-state index in [-0.39, 0.29) is 18.1 Å². The molecule has 0 radical (unpaired) electrons. The molecule has 2 aromatic carbocycles. The van der Waals surface area contributed by atoms with Gasteiger partial charge in [-0.15, -0.1) is 0 Å². The summed E-state index contributed by atoms with van der Waals surface area (Å²) in [4.78, 5) is 16.8. The maximum absolute atomic E-state index is 12.3. The van der Waals surface area contributed by atoms with E-state index in [4.69, 9.17) is 14.2 Å². The minimum absolute atomic E-state index is 0.111. The van der Waals surface area contributed by atoms with E-state index in [0.717, 1.165) is 33.7 Å². The monoisotopic (exact) mass is 398 g/mol. The van der Waals surface area contributed by atoms with E-state index >= 15 is 0 Å². The van der Waals surface area contributed by atoms with Crippen LogP contribution in [0.25, 0.3) is 10.2 Å². The van der Waals surface area contributed by atoms with E-state index in [0.29, 0.717) is 17.5 Å². The van der Waals surface area contributed by atoms with Crippen LogP contribution >= 0.6 is 11.3 Å². The number of amides is 1. The highest BCUT2D eigenvalue weighted by Crippen LogP contribution is 2.41. The lowest BCUT2D eigenvalue weighted by atomic mass is 10.0. The van der Waals surface area contributed by atoms with Crippen LogP contribution < -0.4 is 19.5 Å². The zero-order valence-corrected chi connectivity index (χ0v) is 16.9. The fraction of sp³-hybridized carbons (Fsp3) is 0.333. The number of carbonyl (C=O) groups is 1. The fourth-order valence-electron chi connectivity index (χ4n) is 3.21. The molecule has 7 heteroatoms. The minimum Gasteiger partial charge on any atom is -0.494 e. The molecule has 0 bridgehead atoms. The molecule has 3 aromatic rings. The van der Waals surface area contributed by atoms with Crippen LogP contribution in [0.3, 0.4) is 0 Å². The molecular weight excluding hydrogens is 376 g/mol. The van der Waals surface area contributed by atoms with Gasteiger partial charge in [0.25, 0.3) is 5.91 Å². The predicted molar refractivity (Wildman–Crippen MR) is 110 cm³/mol. The standard InChI is InChI=1S/C21H22N2O4S/c1-4-25-14-8-9-15-17(10-14)28-20(22-15)23-18(24)12-26-16-7-5-6-13-11-21(2,3)27-19(13)16/h5-10H,4,11-12H2,1-3H3,(H,22,23,24). The number of thiazole rings is 1. The molecule has 0 saturated heterocycles. The Bertz CT molecular complexity index is 1030. The molecule has 1 aliphatic rings. The van der Waals surface area contributed by atoms with E-state index < -0.39 is 0 Å². The van der Waals surface area contributed by atoms with Crippen molar-refractivity contribution in [3.63, 3.8) is 0 Å². The number of hydrogen-bond acceptors (Lipinski definition) is 6. The minimum atomic E-state index is -0.265. The Balaban J connectivity index is 1.41. The average molecular weight is 398 g/mol. The van der Waals surface area contributed by atoms with Crippen molar-refractivity contribution in [2.45, 2.75) is 32.8 Å². The Morgan fingerprint density at radius 1 is 1.29 bits per heavy atom. The highest BCUT2D eigenvalue weighted by Gasteiger charge is 2.32. The zero-order valence-electron chi connectivity index (χ0n) is 16.1. The van der Waals surface area contributed by atoms with Crippen LogP contribution in [0.5, 0.6) is 17.2 Å². The summed E-state index contributed by atoms with van der Waals surface area (Å²) in [5, 5.41) is 3.33.